The second kappa shape index (κ2) is 5.44. The summed E-state index contributed by atoms with van der Waals surface area (Å²) in [4.78, 5) is 12.3. The van der Waals surface area contributed by atoms with Crippen LogP contribution in [0, 0.1) is 0 Å². The number of benzene rings is 2. The first-order valence-corrected chi connectivity index (χ1v) is 6.39. The fraction of sp³-hybridized carbons (Fsp3) is 0. The normalized spacial score (nSPS) is 10.6. The quantitative estimate of drug-likeness (QED) is 0.633. The Bertz CT molecular complexity index is 797. The summed E-state index contributed by atoms with van der Waals surface area (Å²) in [6.07, 6.45) is 1.53. The van der Waals surface area contributed by atoms with Crippen molar-refractivity contribution in [3.05, 3.63) is 60.4 Å². The molecule has 3 rings (SSSR count). The lowest BCUT2D eigenvalue weighted by atomic mass is 9.80. The van der Waals surface area contributed by atoms with Crippen LogP contribution in [0.15, 0.2) is 59.2 Å². The minimum absolute atomic E-state index is 0.309. The van der Waals surface area contributed by atoms with Crippen molar-refractivity contribution >= 4 is 35.1 Å². The number of para-hydroxylation sites is 1. The summed E-state index contributed by atoms with van der Waals surface area (Å²) in [7, 11) is -1.57. The van der Waals surface area contributed by atoms with Gasteiger partial charge in [0, 0.05) is 11.1 Å². The highest BCUT2D eigenvalue weighted by atomic mass is 16.4. The van der Waals surface area contributed by atoms with E-state index in [0.29, 0.717) is 22.3 Å². The number of furan rings is 1. The molecule has 5 nitrogen and oxygen atoms in total. The molecule has 1 heterocycles. The zero-order valence-electron chi connectivity index (χ0n) is 11.0. The summed E-state index contributed by atoms with van der Waals surface area (Å²) >= 11 is 0. The van der Waals surface area contributed by atoms with Gasteiger partial charge in [-0.2, -0.15) is 0 Å². The van der Waals surface area contributed by atoms with Crippen LogP contribution in [0.1, 0.15) is 10.4 Å². The van der Waals surface area contributed by atoms with E-state index in [1.807, 2.05) is 6.07 Å². The van der Waals surface area contributed by atoms with Gasteiger partial charge < -0.3 is 19.8 Å². The zero-order valence-corrected chi connectivity index (χ0v) is 11.0. The predicted molar refractivity (Wildman–Crippen MR) is 80.4 cm³/mol. The van der Waals surface area contributed by atoms with Gasteiger partial charge in [0.25, 0.3) is 5.91 Å². The lowest BCUT2D eigenvalue weighted by Gasteiger charge is -2.07. The Morgan fingerprint density at radius 1 is 1.10 bits per heavy atom. The van der Waals surface area contributed by atoms with Gasteiger partial charge in [-0.15, -0.1) is 0 Å². The molecule has 2 aromatic carbocycles. The van der Waals surface area contributed by atoms with Gasteiger partial charge in [-0.25, -0.2) is 0 Å². The smallest absolute Gasteiger partial charge is 0.464 e. The Morgan fingerprint density at radius 3 is 2.71 bits per heavy atom. The van der Waals surface area contributed by atoms with Crippen molar-refractivity contribution in [1.82, 2.24) is 0 Å². The van der Waals surface area contributed by atoms with Gasteiger partial charge in [-0.3, -0.25) is 4.79 Å². The van der Waals surface area contributed by atoms with E-state index in [2.05, 4.69) is 5.32 Å². The summed E-state index contributed by atoms with van der Waals surface area (Å²) in [5.41, 5.74) is 1.74. The lowest BCUT2D eigenvalue weighted by molar-refractivity contribution is 0.102. The molecule has 0 saturated carbocycles. The lowest BCUT2D eigenvalue weighted by Crippen LogP contribution is -2.30. The molecule has 0 atom stereocenters. The number of carbonyl (C=O) groups excluding carboxylic acids is 1. The average Bonchev–Trinajstić information content (AvgIpc) is 2.95. The molecular formula is C15H12BNO4. The minimum atomic E-state index is -1.57. The molecule has 0 aliphatic heterocycles. The van der Waals surface area contributed by atoms with Crippen LogP contribution in [0.25, 0.3) is 11.0 Å². The third kappa shape index (κ3) is 2.67. The summed E-state index contributed by atoms with van der Waals surface area (Å²) in [6.45, 7) is 0. The van der Waals surface area contributed by atoms with E-state index in [0.717, 1.165) is 5.39 Å². The highest BCUT2D eigenvalue weighted by Gasteiger charge is 2.14. The minimum Gasteiger partial charge on any atom is -0.464 e. The Kier molecular flexibility index (Phi) is 3.47. The number of carbonyl (C=O) groups is 1. The molecule has 0 unspecified atom stereocenters. The van der Waals surface area contributed by atoms with E-state index >= 15 is 0 Å². The van der Waals surface area contributed by atoms with Gasteiger partial charge in [0.2, 0.25) is 0 Å². The number of nitrogens with one attached hydrogen (secondary N) is 1. The van der Waals surface area contributed by atoms with E-state index in [1.54, 1.807) is 36.4 Å². The number of hydrogen-bond acceptors (Lipinski definition) is 4. The molecule has 0 spiro atoms. The first kappa shape index (κ1) is 13.4. The predicted octanol–water partition coefficient (Wildman–Crippen LogP) is 1.36. The zero-order chi connectivity index (χ0) is 14.8. The number of hydrogen-bond donors (Lipinski definition) is 3. The van der Waals surface area contributed by atoms with E-state index in [1.165, 1.54) is 12.3 Å². The van der Waals surface area contributed by atoms with Crippen molar-refractivity contribution < 1.29 is 19.3 Å². The summed E-state index contributed by atoms with van der Waals surface area (Å²) in [5.74, 6) is -0.319. The van der Waals surface area contributed by atoms with E-state index in [4.69, 9.17) is 14.5 Å². The second-order valence-electron chi connectivity index (χ2n) is 4.60. The van der Waals surface area contributed by atoms with E-state index in [-0.39, 0.29) is 5.91 Å². The molecule has 3 N–H and O–H groups in total. The van der Waals surface area contributed by atoms with Crippen LogP contribution in [0.2, 0.25) is 0 Å². The van der Waals surface area contributed by atoms with Crippen LogP contribution in [0.5, 0.6) is 0 Å². The van der Waals surface area contributed by atoms with Crippen molar-refractivity contribution in [1.29, 1.82) is 0 Å². The van der Waals surface area contributed by atoms with Crippen molar-refractivity contribution in [2.75, 3.05) is 5.32 Å². The van der Waals surface area contributed by atoms with Crippen molar-refractivity contribution in [3.63, 3.8) is 0 Å². The molecular weight excluding hydrogens is 269 g/mol. The molecule has 0 fully saturated rings. The average molecular weight is 281 g/mol. The second-order valence-corrected chi connectivity index (χ2v) is 4.60. The molecule has 0 radical (unpaired) electrons. The summed E-state index contributed by atoms with van der Waals surface area (Å²) in [5, 5.41) is 21.8. The molecule has 6 heteroatoms. The molecule has 0 aliphatic carbocycles. The van der Waals surface area contributed by atoms with Crippen molar-refractivity contribution in [2.24, 2.45) is 0 Å². The largest absolute Gasteiger partial charge is 0.488 e. The van der Waals surface area contributed by atoms with Crippen molar-refractivity contribution in [3.8, 4) is 0 Å². The maximum atomic E-state index is 12.3. The summed E-state index contributed by atoms with van der Waals surface area (Å²) < 4.78 is 5.33. The SMILES string of the molecule is O=C(Nc1cccc(B(O)O)c1)c1cccc2ccoc12. The number of rotatable bonds is 3. The molecule has 1 aromatic heterocycles. The first-order valence-electron chi connectivity index (χ1n) is 6.39. The molecule has 3 aromatic rings. The van der Waals surface area contributed by atoms with Gasteiger partial charge in [-0.1, -0.05) is 24.3 Å². The van der Waals surface area contributed by atoms with E-state index < -0.39 is 7.12 Å². The van der Waals surface area contributed by atoms with Crippen LogP contribution >= 0.6 is 0 Å². The molecule has 0 aliphatic rings. The van der Waals surface area contributed by atoms with Gasteiger partial charge in [0.1, 0.15) is 5.58 Å². The molecule has 1 amide bonds. The highest BCUT2D eigenvalue weighted by Crippen LogP contribution is 2.20. The Labute approximate surface area is 121 Å². The maximum Gasteiger partial charge on any atom is 0.488 e. The first-order chi connectivity index (χ1) is 10.1. The Morgan fingerprint density at radius 2 is 1.90 bits per heavy atom. The third-order valence-corrected chi connectivity index (χ3v) is 3.17. The fourth-order valence-corrected chi connectivity index (χ4v) is 2.15. The van der Waals surface area contributed by atoms with Gasteiger partial charge in [0.05, 0.1) is 11.8 Å². The van der Waals surface area contributed by atoms with Gasteiger partial charge in [-0.05, 0) is 29.7 Å². The van der Waals surface area contributed by atoms with Crippen LogP contribution in [-0.2, 0) is 0 Å². The van der Waals surface area contributed by atoms with E-state index in [9.17, 15) is 4.79 Å². The summed E-state index contributed by atoms with van der Waals surface area (Å²) in [6, 6.07) is 13.5. The fourth-order valence-electron chi connectivity index (χ4n) is 2.15. The topological polar surface area (TPSA) is 82.7 Å². The number of fused-ring (bicyclic) bond motifs is 1. The molecule has 0 saturated heterocycles. The Hall–Kier alpha value is -2.57. The van der Waals surface area contributed by atoms with Crippen LogP contribution in [-0.4, -0.2) is 23.1 Å². The molecule has 104 valence electrons. The molecule has 21 heavy (non-hydrogen) atoms. The monoisotopic (exact) mass is 281 g/mol. The maximum absolute atomic E-state index is 12.3. The third-order valence-electron chi connectivity index (χ3n) is 3.17. The Balaban J connectivity index is 1.90. The van der Waals surface area contributed by atoms with Crippen LogP contribution < -0.4 is 10.8 Å². The number of anilines is 1. The molecule has 0 bridgehead atoms. The van der Waals surface area contributed by atoms with Gasteiger partial charge in [0.15, 0.2) is 0 Å². The number of amides is 1. The van der Waals surface area contributed by atoms with Gasteiger partial charge >= 0.3 is 7.12 Å². The highest BCUT2D eigenvalue weighted by molar-refractivity contribution is 6.58. The standard InChI is InChI=1S/C15H12BNO4/c18-15(13-6-1-3-10-7-8-21-14(10)13)17-12-5-2-4-11(9-12)16(19)20/h1-9,19-20H,(H,17,18). The van der Waals surface area contributed by atoms with Crippen LogP contribution in [0.4, 0.5) is 5.69 Å². The van der Waals surface area contributed by atoms with Crippen LogP contribution in [0.3, 0.4) is 0 Å². The van der Waals surface area contributed by atoms with Crippen molar-refractivity contribution in [2.45, 2.75) is 0 Å².